The summed E-state index contributed by atoms with van der Waals surface area (Å²) in [6.07, 6.45) is -7.91. The number of sulfone groups is 1. The molecule has 4 rings (SSSR count). The summed E-state index contributed by atoms with van der Waals surface area (Å²) in [5.74, 6) is -1.04. The fourth-order valence-corrected chi connectivity index (χ4v) is 4.45. The molecule has 32 heavy (non-hydrogen) atoms. The molecule has 0 bridgehead atoms. The topological polar surface area (TPSA) is 77.7 Å². The lowest BCUT2D eigenvalue weighted by Crippen LogP contribution is -2.13. The summed E-state index contributed by atoms with van der Waals surface area (Å²) in [5.41, 5.74) is -2.82. The van der Waals surface area contributed by atoms with Crippen molar-refractivity contribution < 1.29 is 34.8 Å². The van der Waals surface area contributed by atoms with Gasteiger partial charge in [-0.15, -0.1) is 0 Å². The van der Waals surface area contributed by atoms with Crippen LogP contribution in [-0.4, -0.2) is 33.7 Å². The molecule has 3 aromatic rings. The number of pyridine rings is 2. The van der Waals surface area contributed by atoms with E-state index in [1.165, 1.54) is 18.5 Å². The van der Waals surface area contributed by atoms with Gasteiger partial charge in [0.05, 0.1) is 27.5 Å². The number of aryl methyl sites for hydroxylation is 1. The Kier molecular flexibility index (Phi) is 5.03. The maximum Gasteiger partial charge on any atom is 0.418 e. The van der Waals surface area contributed by atoms with Gasteiger partial charge in [-0.25, -0.2) is 18.4 Å². The smallest absolute Gasteiger partial charge is 0.310 e. The van der Waals surface area contributed by atoms with Crippen molar-refractivity contribution in [2.24, 2.45) is 7.05 Å². The van der Waals surface area contributed by atoms with Gasteiger partial charge in [0.2, 0.25) is 0 Å². The Bertz CT molecular complexity index is 1320. The fraction of sp³-hybridized carbons (Fsp3) is 0.421. The van der Waals surface area contributed by atoms with Crippen LogP contribution in [0.3, 0.4) is 0 Å². The Morgan fingerprint density at radius 1 is 1.06 bits per heavy atom. The predicted molar refractivity (Wildman–Crippen MR) is 101 cm³/mol. The minimum absolute atomic E-state index is 0.0523. The minimum atomic E-state index is -4.84. The molecule has 0 amide bonds. The largest absolute Gasteiger partial charge is 0.418 e. The second-order valence-corrected chi connectivity index (χ2v) is 9.75. The van der Waals surface area contributed by atoms with Crippen LogP contribution >= 0.6 is 0 Å². The van der Waals surface area contributed by atoms with E-state index in [-0.39, 0.29) is 34.3 Å². The number of hydrogen-bond donors (Lipinski definition) is 0. The van der Waals surface area contributed by atoms with E-state index in [9.17, 15) is 34.8 Å². The zero-order valence-corrected chi connectivity index (χ0v) is 17.5. The van der Waals surface area contributed by atoms with Crippen LogP contribution in [0.5, 0.6) is 0 Å². The molecule has 0 radical (unpaired) electrons. The summed E-state index contributed by atoms with van der Waals surface area (Å²) >= 11 is 0. The molecule has 1 aliphatic carbocycles. The van der Waals surface area contributed by atoms with Crippen molar-refractivity contribution in [1.29, 1.82) is 0 Å². The Hall–Kier alpha value is -2.70. The monoisotopic (exact) mass is 478 g/mol. The summed E-state index contributed by atoms with van der Waals surface area (Å²) in [6.45, 7) is 1.26. The van der Waals surface area contributed by atoms with Gasteiger partial charge in [0.25, 0.3) is 0 Å². The summed E-state index contributed by atoms with van der Waals surface area (Å²) in [4.78, 5) is 11.2. The van der Waals surface area contributed by atoms with E-state index in [1.54, 1.807) is 0 Å². The molecular formula is C19H16F6N4O2S. The third-order valence-electron chi connectivity index (χ3n) is 5.25. The zero-order valence-electron chi connectivity index (χ0n) is 16.7. The molecule has 0 aliphatic heterocycles. The lowest BCUT2D eigenvalue weighted by Gasteiger charge is -2.13. The van der Waals surface area contributed by atoms with Crippen LogP contribution in [0.15, 0.2) is 23.2 Å². The van der Waals surface area contributed by atoms with Crippen LogP contribution in [0.25, 0.3) is 22.7 Å². The highest BCUT2D eigenvalue weighted by molar-refractivity contribution is 7.91. The van der Waals surface area contributed by atoms with Gasteiger partial charge in [-0.05, 0) is 25.0 Å². The van der Waals surface area contributed by atoms with E-state index in [1.807, 2.05) is 0 Å². The van der Waals surface area contributed by atoms with E-state index in [0.29, 0.717) is 25.1 Å². The van der Waals surface area contributed by atoms with Gasteiger partial charge in [-0.3, -0.25) is 4.98 Å². The van der Waals surface area contributed by atoms with E-state index in [0.717, 1.165) is 6.07 Å². The minimum Gasteiger partial charge on any atom is -0.310 e. The second-order valence-electron chi connectivity index (χ2n) is 7.50. The van der Waals surface area contributed by atoms with Crippen molar-refractivity contribution in [3.8, 4) is 11.5 Å². The predicted octanol–water partition coefficient (Wildman–Crippen LogP) is 4.74. The number of halogens is 6. The summed E-state index contributed by atoms with van der Waals surface area (Å²) < 4.78 is 106. The highest BCUT2D eigenvalue weighted by Gasteiger charge is 2.40. The summed E-state index contributed by atoms with van der Waals surface area (Å²) in [6, 6.07) is 1.29. The zero-order chi connectivity index (χ0) is 23.6. The molecule has 6 nitrogen and oxygen atoms in total. The normalized spacial score (nSPS) is 15.5. The molecule has 0 unspecified atom stereocenters. The van der Waals surface area contributed by atoms with Crippen LogP contribution in [-0.2, 0) is 29.2 Å². The van der Waals surface area contributed by atoms with Crippen molar-refractivity contribution in [1.82, 2.24) is 19.5 Å². The third kappa shape index (κ3) is 3.82. The molecule has 0 atom stereocenters. The molecule has 1 saturated carbocycles. The Balaban J connectivity index is 1.99. The van der Waals surface area contributed by atoms with Gasteiger partial charge in [0.15, 0.2) is 21.3 Å². The summed E-state index contributed by atoms with van der Waals surface area (Å²) in [5, 5.41) is 0. The first-order chi connectivity index (χ1) is 14.7. The highest BCUT2D eigenvalue weighted by atomic mass is 32.2. The molecule has 0 N–H and O–H groups in total. The first-order valence-corrected chi connectivity index (χ1v) is 11.1. The van der Waals surface area contributed by atoms with Crippen LogP contribution in [0.4, 0.5) is 26.3 Å². The van der Waals surface area contributed by atoms with Gasteiger partial charge >= 0.3 is 12.4 Å². The number of hydrogen-bond acceptors (Lipinski definition) is 5. The van der Waals surface area contributed by atoms with E-state index >= 15 is 0 Å². The summed E-state index contributed by atoms with van der Waals surface area (Å²) in [7, 11) is -2.78. The van der Waals surface area contributed by atoms with Gasteiger partial charge in [0, 0.05) is 19.2 Å². The van der Waals surface area contributed by atoms with Crippen molar-refractivity contribution in [3.05, 3.63) is 35.2 Å². The lowest BCUT2D eigenvalue weighted by atomic mass is 10.1. The SMILES string of the molecule is CCS(=O)(=O)c1cc(C(F)(F)F)cnc1-c1nc2cc(C(F)(F)F)c(C3CC3)nc2n1C. The maximum absolute atomic E-state index is 13.5. The Morgan fingerprint density at radius 3 is 2.25 bits per heavy atom. The Labute approximate surface area is 178 Å². The third-order valence-corrected chi connectivity index (χ3v) is 6.99. The van der Waals surface area contributed by atoms with Crippen molar-refractivity contribution in [2.45, 2.75) is 42.9 Å². The highest BCUT2D eigenvalue weighted by Crippen LogP contribution is 2.46. The fourth-order valence-electron chi connectivity index (χ4n) is 3.39. The molecule has 1 fully saturated rings. The van der Waals surface area contributed by atoms with Crippen LogP contribution in [0, 0.1) is 0 Å². The number of nitrogens with zero attached hydrogens (tertiary/aromatic N) is 4. The van der Waals surface area contributed by atoms with Gasteiger partial charge in [-0.1, -0.05) is 6.92 Å². The standard InChI is InChI=1S/C19H16F6N4O2S/c1-3-32(30,31)13-6-10(18(20,21)22)8-26-15(13)17-27-12-7-11(19(23,24)25)14(9-4-5-9)28-16(12)29(17)2/h6-9H,3-5H2,1-2H3. The maximum atomic E-state index is 13.5. The van der Waals surface area contributed by atoms with Crippen molar-refractivity contribution in [3.63, 3.8) is 0 Å². The molecule has 3 aromatic heterocycles. The molecule has 0 aromatic carbocycles. The van der Waals surface area contributed by atoms with E-state index in [4.69, 9.17) is 0 Å². The molecule has 172 valence electrons. The quantitative estimate of drug-likeness (QED) is 0.507. The van der Waals surface area contributed by atoms with Crippen LogP contribution in [0.1, 0.15) is 42.5 Å². The molecule has 0 saturated heterocycles. The molecule has 13 heteroatoms. The molecule has 1 aliphatic rings. The first kappa shape index (κ1) is 22.5. The second kappa shape index (κ2) is 7.15. The average Bonchev–Trinajstić information content (AvgIpc) is 3.50. The molecular weight excluding hydrogens is 462 g/mol. The van der Waals surface area contributed by atoms with Crippen LogP contribution < -0.4 is 0 Å². The Morgan fingerprint density at radius 2 is 1.72 bits per heavy atom. The number of fused-ring (bicyclic) bond motifs is 1. The number of rotatable bonds is 4. The average molecular weight is 478 g/mol. The van der Waals surface area contributed by atoms with Gasteiger partial charge < -0.3 is 4.57 Å². The number of aromatic nitrogens is 4. The van der Waals surface area contributed by atoms with E-state index < -0.39 is 44.0 Å². The molecule has 3 heterocycles. The molecule has 0 spiro atoms. The van der Waals surface area contributed by atoms with Crippen LogP contribution in [0.2, 0.25) is 0 Å². The van der Waals surface area contributed by atoms with E-state index in [2.05, 4.69) is 15.0 Å². The first-order valence-electron chi connectivity index (χ1n) is 9.49. The van der Waals surface area contributed by atoms with Crippen molar-refractivity contribution in [2.75, 3.05) is 5.75 Å². The van der Waals surface area contributed by atoms with Crippen molar-refractivity contribution >= 4 is 21.0 Å². The van der Waals surface area contributed by atoms with Gasteiger partial charge in [0.1, 0.15) is 11.2 Å². The number of alkyl halides is 6. The lowest BCUT2D eigenvalue weighted by molar-refractivity contribution is -0.139. The number of imidazole rings is 1. The van der Waals surface area contributed by atoms with Gasteiger partial charge in [-0.2, -0.15) is 26.3 Å².